The highest BCUT2D eigenvalue weighted by atomic mass is 19.4. The highest BCUT2D eigenvalue weighted by Crippen LogP contribution is 2.36. The molecular formula is C16H19F3N2O4. The molecule has 1 rings (SSSR count). The summed E-state index contributed by atoms with van der Waals surface area (Å²) in [5.74, 6) is 0. The Hall–Kier alpha value is -2.58. The lowest BCUT2D eigenvalue weighted by atomic mass is 10.1. The van der Waals surface area contributed by atoms with E-state index in [0.717, 1.165) is 12.1 Å². The largest absolute Gasteiger partial charge is 0.444 e. The first-order valence-electron chi connectivity index (χ1n) is 7.39. The third-order valence-corrected chi connectivity index (χ3v) is 2.81. The molecule has 0 unspecified atom stereocenters. The molecule has 0 spiro atoms. The molecule has 0 heterocycles. The number of nitrogens with zero attached hydrogens (tertiary/aromatic N) is 1. The maximum atomic E-state index is 12.7. The van der Waals surface area contributed by atoms with Gasteiger partial charge < -0.3 is 10.1 Å². The van der Waals surface area contributed by atoms with E-state index in [9.17, 15) is 28.1 Å². The Morgan fingerprint density at radius 1 is 1.32 bits per heavy atom. The fourth-order valence-corrected chi connectivity index (χ4v) is 1.83. The van der Waals surface area contributed by atoms with E-state index in [2.05, 4.69) is 5.32 Å². The number of nitrogens with one attached hydrogen (secondary N) is 1. The molecule has 0 fully saturated rings. The molecule has 1 aromatic carbocycles. The van der Waals surface area contributed by atoms with Crippen molar-refractivity contribution in [3.63, 3.8) is 0 Å². The lowest BCUT2D eigenvalue weighted by molar-refractivity contribution is -0.388. The van der Waals surface area contributed by atoms with Crippen molar-refractivity contribution >= 4 is 17.9 Å². The maximum Gasteiger partial charge on any atom is 0.422 e. The molecule has 0 radical (unpaired) electrons. The standard InChI is InChI=1S/C16H19F3N2O4/c1-15(2,3)25-14(22)20-9-5-4-6-11-7-8-12(16(17,18)19)13(10-11)21(23)24/h4,6-8,10H,5,9H2,1-3H3,(H,20,22). The van der Waals surface area contributed by atoms with Crippen LogP contribution < -0.4 is 5.32 Å². The second-order valence-corrected chi connectivity index (χ2v) is 6.15. The maximum absolute atomic E-state index is 12.7. The molecule has 9 heteroatoms. The lowest BCUT2D eigenvalue weighted by Crippen LogP contribution is -2.32. The van der Waals surface area contributed by atoms with Crippen LogP contribution in [-0.2, 0) is 10.9 Å². The van der Waals surface area contributed by atoms with E-state index in [1.54, 1.807) is 26.8 Å². The number of amides is 1. The smallest absolute Gasteiger partial charge is 0.422 e. The zero-order chi connectivity index (χ0) is 19.3. The number of halogens is 3. The number of rotatable bonds is 5. The Kier molecular flexibility index (Phi) is 6.55. The number of alkyl halides is 3. The average molecular weight is 360 g/mol. The van der Waals surface area contributed by atoms with Gasteiger partial charge in [-0.1, -0.05) is 18.2 Å². The van der Waals surface area contributed by atoms with Crippen LogP contribution in [-0.4, -0.2) is 23.2 Å². The average Bonchev–Trinajstić information content (AvgIpc) is 2.43. The van der Waals surface area contributed by atoms with Crippen LogP contribution in [0.5, 0.6) is 0 Å². The number of alkyl carbamates (subject to hydrolysis) is 1. The zero-order valence-corrected chi connectivity index (χ0v) is 14.0. The van der Waals surface area contributed by atoms with Gasteiger partial charge in [-0.25, -0.2) is 4.79 Å². The van der Waals surface area contributed by atoms with Crippen molar-refractivity contribution in [2.24, 2.45) is 0 Å². The van der Waals surface area contributed by atoms with Gasteiger partial charge in [-0.2, -0.15) is 13.2 Å². The molecule has 0 aliphatic carbocycles. The molecular weight excluding hydrogens is 341 g/mol. The van der Waals surface area contributed by atoms with E-state index in [1.807, 2.05) is 0 Å². The van der Waals surface area contributed by atoms with E-state index in [1.165, 1.54) is 6.08 Å². The monoisotopic (exact) mass is 360 g/mol. The molecule has 0 aliphatic rings. The first kappa shape index (κ1) is 20.5. The Balaban J connectivity index is 2.65. The first-order valence-corrected chi connectivity index (χ1v) is 7.39. The summed E-state index contributed by atoms with van der Waals surface area (Å²) in [5.41, 5.74) is -2.64. The molecule has 0 atom stereocenters. The van der Waals surface area contributed by atoms with Crippen molar-refractivity contribution < 1.29 is 27.6 Å². The van der Waals surface area contributed by atoms with Crippen molar-refractivity contribution in [1.82, 2.24) is 5.32 Å². The molecule has 138 valence electrons. The van der Waals surface area contributed by atoms with Crippen molar-refractivity contribution in [3.8, 4) is 0 Å². The van der Waals surface area contributed by atoms with E-state index in [0.29, 0.717) is 12.5 Å². The summed E-state index contributed by atoms with van der Waals surface area (Å²) in [6.45, 7) is 5.44. The first-order chi connectivity index (χ1) is 11.4. The van der Waals surface area contributed by atoms with Crippen LogP contribution in [0.4, 0.5) is 23.7 Å². The number of hydrogen-bond donors (Lipinski definition) is 1. The summed E-state index contributed by atoms with van der Waals surface area (Å²) in [6.07, 6.45) is -1.95. The van der Waals surface area contributed by atoms with Gasteiger partial charge in [0.1, 0.15) is 11.2 Å². The highest BCUT2D eigenvalue weighted by molar-refractivity contribution is 5.67. The number of nitro benzene ring substituents is 1. The van der Waals surface area contributed by atoms with Gasteiger partial charge in [-0.05, 0) is 38.8 Å². The van der Waals surface area contributed by atoms with E-state index in [4.69, 9.17) is 4.74 Å². The molecule has 0 bridgehead atoms. The van der Waals surface area contributed by atoms with Crippen LogP contribution >= 0.6 is 0 Å². The minimum absolute atomic E-state index is 0.258. The van der Waals surface area contributed by atoms with Crippen LogP contribution in [0, 0.1) is 10.1 Å². The van der Waals surface area contributed by atoms with E-state index < -0.39 is 34.0 Å². The quantitative estimate of drug-likeness (QED) is 0.475. The molecule has 1 aromatic rings. The summed E-state index contributed by atoms with van der Waals surface area (Å²) in [7, 11) is 0. The van der Waals surface area contributed by atoms with E-state index in [-0.39, 0.29) is 12.1 Å². The molecule has 1 N–H and O–H groups in total. The second-order valence-electron chi connectivity index (χ2n) is 6.15. The SMILES string of the molecule is CC(C)(C)OC(=O)NCCC=Cc1ccc(C(F)(F)F)c([N+](=O)[O-])c1. The van der Waals surface area contributed by atoms with Gasteiger partial charge in [-0.3, -0.25) is 10.1 Å². The Morgan fingerprint density at radius 3 is 2.48 bits per heavy atom. The van der Waals surface area contributed by atoms with Crippen molar-refractivity contribution in [2.75, 3.05) is 6.54 Å². The topological polar surface area (TPSA) is 81.5 Å². The highest BCUT2D eigenvalue weighted by Gasteiger charge is 2.38. The third-order valence-electron chi connectivity index (χ3n) is 2.81. The summed E-state index contributed by atoms with van der Waals surface area (Å²) in [4.78, 5) is 21.1. The summed E-state index contributed by atoms with van der Waals surface area (Å²) in [6, 6.07) is 2.69. The number of carbonyl (C=O) groups is 1. The molecule has 25 heavy (non-hydrogen) atoms. The Labute approximate surface area is 142 Å². The number of nitro groups is 1. The van der Waals surface area contributed by atoms with Crippen LogP contribution in [0.2, 0.25) is 0 Å². The van der Waals surface area contributed by atoms with Crippen LogP contribution in [0.3, 0.4) is 0 Å². The summed E-state index contributed by atoms with van der Waals surface area (Å²) < 4.78 is 43.2. The predicted octanol–water partition coefficient (Wildman–Crippen LogP) is 4.54. The molecule has 0 saturated heterocycles. The summed E-state index contributed by atoms with van der Waals surface area (Å²) in [5, 5.41) is 13.3. The number of carbonyl (C=O) groups excluding carboxylic acids is 1. The second kappa shape index (κ2) is 8.00. The summed E-state index contributed by atoms with van der Waals surface area (Å²) >= 11 is 0. The molecule has 0 aromatic heterocycles. The third kappa shape index (κ3) is 7.23. The normalized spacial score (nSPS) is 12.2. The van der Waals surface area contributed by atoms with Gasteiger partial charge in [-0.15, -0.1) is 0 Å². The predicted molar refractivity (Wildman–Crippen MR) is 86.0 cm³/mol. The van der Waals surface area contributed by atoms with E-state index >= 15 is 0 Å². The van der Waals surface area contributed by atoms with Crippen molar-refractivity contribution in [2.45, 2.75) is 39.0 Å². The number of hydrogen-bond acceptors (Lipinski definition) is 4. The Morgan fingerprint density at radius 2 is 1.96 bits per heavy atom. The van der Waals surface area contributed by atoms with Gasteiger partial charge in [0, 0.05) is 12.6 Å². The minimum Gasteiger partial charge on any atom is -0.444 e. The van der Waals surface area contributed by atoms with Gasteiger partial charge >= 0.3 is 12.3 Å². The van der Waals surface area contributed by atoms with Crippen molar-refractivity contribution in [3.05, 3.63) is 45.5 Å². The molecule has 0 saturated carbocycles. The number of benzene rings is 1. The fraction of sp³-hybridized carbons (Fsp3) is 0.438. The van der Waals surface area contributed by atoms with Crippen molar-refractivity contribution in [1.29, 1.82) is 0 Å². The lowest BCUT2D eigenvalue weighted by Gasteiger charge is -2.19. The molecule has 6 nitrogen and oxygen atoms in total. The van der Waals surface area contributed by atoms with Gasteiger partial charge in [0.25, 0.3) is 5.69 Å². The fourth-order valence-electron chi connectivity index (χ4n) is 1.83. The van der Waals surface area contributed by atoms with Gasteiger partial charge in [0.2, 0.25) is 0 Å². The molecule has 1 amide bonds. The molecule has 0 aliphatic heterocycles. The van der Waals surface area contributed by atoms with Gasteiger partial charge in [0.05, 0.1) is 4.92 Å². The van der Waals surface area contributed by atoms with Crippen LogP contribution in [0.1, 0.15) is 38.3 Å². The minimum atomic E-state index is -4.79. The number of ether oxygens (including phenoxy) is 1. The Bertz CT molecular complexity index is 664. The van der Waals surface area contributed by atoms with Crippen LogP contribution in [0.25, 0.3) is 6.08 Å². The zero-order valence-electron chi connectivity index (χ0n) is 14.0. The van der Waals surface area contributed by atoms with Crippen LogP contribution in [0.15, 0.2) is 24.3 Å². The van der Waals surface area contributed by atoms with Gasteiger partial charge in [0.15, 0.2) is 0 Å².